The third-order valence-corrected chi connectivity index (χ3v) is 2.88. The van der Waals surface area contributed by atoms with Crippen molar-refractivity contribution in [1.82, 2.24) is 0 Å². The Balaban J connectivity index is 2.91. The van der Waals surface area contributed by atoms with Crippen molar-refractivity contribution in [3.05, 3.63) is 47.5 Å². The number of benzene rings is 1. The average molecular weight is 302 g/mol. The van der Waals surface area contributed by atoms with Crippen LogP contribution in [-0.2, 0) is 15.7 Å². The molecule has 0 spiro atoms. The van der Waals surface area contributed by atoms with Crippen LogP contribution in [0.25, 0.3) is 0 Å². The summed E-state index contributed by atoms with van der Waals surface area (Å²) in [7, 11) is 0. The molecule has 1 aromatic rings. The van der Waals surface area contributed by atoms with Crippen LogP contribution >= 0.6 is 0 Å². The number of aliphatic hydroxyl groups is 1. The Morgan fingerprint density at radius 3 is 2.57 bits per heavy atom. The molecular formula is C15H17F3O3. The van der Waals surface area contributed by atoms with E-state index in [1.807, 2.05) is 6.92 Å². The number of ether oxygens (including phenoxy) is 1. The normalized spacial score (nSPS) is 12.8. The fourth-order valence-electron chi connectivity index (χ4n) is 1.69. The van der Waals surface area contributed by atoms with Crippen molar-refractivity contribution in [2.75, 3.05) is 6.61 Å². The van der Waals surface area contributed by atoms with Crippen molar-refractivity contribution in [2.45, 2.75) is 32.0 Å². The first-order chi connectivity index (χ1) is 9.79. The summed E-state index contributed by atoms with van der Waals surface area (Å²) < 4.78 is 43.4. The van der Waals surface area contributed by atoms with Gasteiger partial charge in [-0.1, -0.05) is 38.1 Å². The van der Waals surface area contributed by atoms with Gasteiger partial charge in [-0.05, 0) is 18.1 Å². The van der Waals surface area contributed by atoms with Gasteiger partial charge in [0.05, 0.1) is 17.7 Å². The van der Waals surface area contributed by atoms with Gasteiger partial charge >= 0.3 is 12.1 Å². The minimum atomic E-state index is -4.62. The molecule has 0 aromatic heterocycles. The van der Waals surface area contributed by atoms with E-state index in [0.29, 0.717) is 6.42 Å². The van der Waals surface area contributed by atoms with Crippen LogP contribution in [0.4, 0.5) is 13.2 Å². The van der Waals surface area contributed by atoms with Crippen LogP contribution in [0.2, 0.25) is 0 Å². The molecule has 0 aliphatic heterocycles. The molecule has 116 valence electrons. The van der Waals surface area contributed by atoms with E-state index < -0.39 is 34.9 Å². The summed E-state index contributed by atoms with van der Waals surface area (Å²) in [6.45, 7) is 5.38. The van der Waals surface area contributed by atoms with E-state index in [0.717, 1.165) is 18.6 Å². The van der Waals surface area contributed by atoms with Gasteiger partial charge in [0.1, 0.15) is 6.10 Å². The summed E-state index contributed by atoms with van der Waals surface area (Å²) in [5.41, 5.74) is -1.83. The summed E-state index contributed by atoms with van der Waals surface area (Å²) in [4.78, 5) is 11.6. The van der Waals surface area contributed by atoms with E-state index in [2.05, 4.69) is 6.58 Å². The maximum Gasteiger partial charge on any atom is 0.416 e. The monoisotopic (exact) mass is 302 g/mol. The van der Waals surface area contributed by atoms with E-state index in [-0.39, 0.29) is 6.61 Å². The Labute approximate surface area is 121 Å². The standard InChI is InChI=1S/C15H17F3O3/c1-3-4-9-21-14(20)10(2)13(19)11-7-5-6-8-12(11)15(16,17)18/h5-8,13,19H,2-4,9H2,1H3. The van der Waals surface area contributed by atoms with Gasteiger partial charge in [0.2, 0.25) is 0 Å². The van der Waals surface area contributed by atoms with Gasteiger partial charge in [-0.3, -0.25) is 0 Å². The van der Waals surface area contributed by atoms with Crippen LogP contribution in [0.3, 0.4) is 0 Å². The van der Waals surface area contributed by atoms with Gasteiger partial charge in [-0.2, -0.15) is 13.2 Å². The number of unbranched alkanes of at least 4 members (excludes halogenated alkanes) is 1. The van der Waals surface area contributed by atoms with Crippen LogP contribution in [0.15, 0.2) is 36.4 Å². The molecule has 0 saturated heterocycles. The first-order valence-electron chi connectivity index (χ1n) is 6.49. The van der Waals surface area contributed by atoms with Gasteiger partial charge in [0.15, 0.2) is 0 Å². The molecule has 1 unspecified atom stereocenters. The summed E-state index contributed by atoms with van der Waals surface area (Å²) in [5.74, 6) is -0.895. The molecule has 0 saturated carbocycles. The summed E-state index contributed by atoms with van der Waals surface area (Å²) in [6, 6.07) is 4.51. The third kappa shape index (κ3) is 4.60. The molecule has 1 aromatic carbocycles. The van der Waals surface area contributed by atoms with Crippen LogP contribution in [-0.4, -0.2) is 17.7 Å². The molecule has 0 radical (unpaired) electrons. The van der Waals surface area contributed by atoms with Crippen LogP contribution in [0.5, 0.6) is 0 Å². The summed E-state index contributed by atoms with van der Waals surface area (Å²) in [5, 5.41) is 9.96. The number of carbonyl (C=O) groups excluding carboxylic acids is 1. The lowest BCUT2D eigenvalue weighted by atomic mass is 9.97. The molecule has 0 aliphatic rings. The predicted molar refractivity (Wildman–Crippen MR) is 71.4 cm³/mol. The largest absolute Gasteiger partial charge is 0.462 e. The molecule has 1 N–H and O–H groups in total. The smallest absolute Gasteiger partial charge is 0.416 e. The van der Waals surface area contributed by atoms with Gasteiger partial charge in [0.25, 0.3) is 0 Å². The number of hydrogen-bond acceptors (Lipinski definition) is 3. The molecule has 0 bridgehead atoms. The van der Waals surface area contributed by atoms with E-state index in [1.54, 1.807) is 0 Å². The molecule has 6 heteroatoms. The average Bonchev–Trinajstić information content (AvgIpc) is 2.45. The zero-order valence-electron chi connectivity index (χ0n) is 11.6. The summed E-state index contributed by atoms with van der Waals surface area (Å²) >= 11 is 0. The zero-order chi connectivity index (χ0) is 16.0. The fourth-order valence-corrected chi connectivity index (χ4v) is 1.69. The van der Waals surface area contributed by atoms with Crippen molar-refractivity contribution in [1.29, 1.82) is 0 Å². The molecule has 0 heterocycles. The van der Waals surface area contributed by atoms with Crippen LogP contribution in [0.1, 0.15) is 37.0 Å². The number of hydrogen-bond donors (Lipinski definition) is 1. The number of aliphatic hydroxyl groups excluding tert-OH is 1. The van der Waals surface area contributed by atoms with E-state index >= 15 is 0 Å². The van der Waals surface area contributed by atoms with Crippen molar-refractivity contribution in [3.8, 4) is 0 Å². The molecule has 3 nitrogen and oxygen atoms in total. The lowest BCUT2D eigenvalue weighted by Crippen LogP contribution is -2.18. The Bertz CT molecular complexity index is 509. The van der Waals surface area contributed by atoms with Crippen LogP contribution in [0, 0.1) is 0 Å². The minimum Gasteiger partial charge on any atom is -0.462 e. The number of esters is 1. The highest BCUT2D eigenvalue weighted by molar-refractivity contribution is 5.89. The maximum absolute atomic E-state index is 12.9. The maximum atomic E-state index is 12.9. The van der Waals surface area contributed by atoms with Crippen molar-refractivity contribution in [2.24, 2.45) is 0 Å². The number of alkyl halides is 3. The minimum absolute atomic E-state index is 0.141. The zero-order valence-corrected chi connectivity index (χ0v) is 11.6. The quantitative estimate of drug-likeness (QED) is 0.496. The highest BCUT2D eigenvalue weighted by Gasteiger charge is 2.36. The molecule has 21 heavy (non-hydrogen) atoms. The molecule has 1 rings (SSSR count). The summed E-state index contributed by atoms with van der Waals surface area (Å²) in [6.07, 6.45) is -4.94. The van der Waals surface area contributed by atoms with Crippen molar-refractivity contribution >= 4 is 5.97 Å². The number of rotatable bonds is 6. The second-order valence-electron chi connectivity index (χ2n) is 4.50. The highest BCUT2D eigenvalue weighted by atomic mass is 19.4. The Hall–Kier alpha value is -1.82. The Morgan fingerprint density at radius 2 is 2.00 bits per heavy atom. The van der Waals surface area contributed by atoms with Crippen molar-refractivity contribution in [3.63, 3.8) is 0 Å². The van der Waals surface area contributed by atoms with Gasteiger partial charge in [0, 0.05) is 0 Å². The molecular weight excluding hydrogens is 285 g/mol. The molecule has 0 fully saturated rings. The van der Waals surface area contributed by atoms with Crippen molar-refractivity contribution < 1.29 is 27.8 Å². The topological polar surface area (TPSA) is 46.5 Å². The number of halogens is 3. The lowest BCUT2D eigenvalue weighted by Gasteiger charge is -2.18. The first kappa shape index (κ1) is 17.2. The first-order valence-corrected chi connectivity index (χ1v) is 6.49. The number of carbonyl (C=O) groups is 1. The highest BCUT2D eigenvalue weighted by Crippen LogP contribution is 2.36. The lowest BCUT2D eigenvalue weighted by molar-refractivity contribution is -0.142. The van der Waals surface area contributed by atoms with Gasteiger partial charge in [-0.15, -0.1) is 0 Å². The van der Waals surface area contributed by atoms with E-state index in [1.165, 1.54) is 12.1 Å². The third-order valence-electron chi connectivity index (χ3n) is 2.88. The second-order valence-corrected chi connectivity index (χ2v) is 4.50. The second kappa shape index (κ2) is 7.26. The van der Waals surface area contributed by atoms with E-state index in [9.17, 15) is 23.1 Å². The predicted octanol–water partition coefficient (Wildman–Crippen LogP) is 3.64. The van der Waals surface area contributed by atoms with Crippen LogP contribution < -0.4 is 0 Å². The van der Waals surface area contributed by atoms with Gasteiger partial charge < -0.3 is 9.84 Å². The molecule has 0 amide bonds. The van der Waals surface area contributed by atoms with E-state index in [4.69, 9.17) is 4.74 Å². The fraction of sp³-hybridized carbons (Fsp3) is 0.400. The SMILES string of the molecule is C=C(C(=O)OCCCC)C(O)c1ccccc1C(F)(F)F. The molecule has 1 atom stereocenters. The Kier molecular flexibility index (Phi) is 5.96. The Morgan fingerprint density at radius 1 is 1.38 bits per heavy atom. The van der Waals surface area contributed by atoms with Gasteiger partial charge in [-0.25, -0.2) is 4.79 Å². The molecule has 0 aliphatic carbocycles.